The van der Waals surface area contributed by atoms with Crippen molar-refractivity contribution >= 4 is 23.5 Å². The molecule has 0 spiro atoms. The lowest BCUT2D eigenvalue weighted by Gasteiger charge is -2.43. The third kappa shape index (κ3) is 2.35. The number of hydrogen-bond donors (Lipinski definition) is 2. The molecule has 2 heterocycles. The molecule has 3 heteroatoms. The number of rotatable bonds is 1. The minimum Gasteiger partial charge on any atom is -0.357 e. The SMILES string of the molecule is CN1CCC[C@@H]2c3cc(C(C)(C)C)cc4[nH]c(CS)c(c34)C[C@H]21. The molecule has 0 unspecified atom stereocenters. The molecule has 2 aromatic rings. The van der Waals surface area contributed by atoms with Crippen molar-refractivity contribution in [3.8, 4) is 0 Å². The fourth-order valence-electron chi connectivity index (χ4n) is 4.67. The van der Waals surface area contributed by atoms with Crippen molar-refractivity contribution in [1.29, 1.82) is 0 Å². The second-order valence-electron chi connectivity index (χ2n) is 8.48. The molecule has 2 nitrogen and oxygen atoms in total. The van der Waals surface area contributed by atoms with E-state index >= 15 is 0 Å². The van der Waals surface area contributed by atoms with Crippen LogP contribution in [0.2, 0.25) is 0 Å². The number of aromatic amines is 1. The summed E-state index contributed by atoms with van der Waals surface area (Å²) in [4.78, 5) is 6.27. The Balaban J connectivity index is 1.99. The van der Waals surface area contributed by atoms with Crippen LogP contribution in [-0.2, 0) is 17.6 Å². The highest BCUT2D eigenvalue weighted by atomic mass is 32.1. The van der Waals surface area contributed by atoms with Crippen LogP contribution in [-0.4, -0.2) is 29.5 Å². The summed E-state index contributed by atoms with van der Waals surface area (Å²) < 4.78 is 0. The monoisotopic (exact) mass is 328 g/mol. The molecule has 2 aliphatic rings. The van der Waals surface area contributed by atoms with E-state index in [4.69, 9.17) is 0 Å². The van der Waals surface area contributed by atoms with Gasteiger partial charge < -0.3 is 9.88 Å². The van der Waals surface area contributed by atoms with E-state index in [1.54, 1.807) is 5.56 Å². The lowest BCUT2D eigenvalue weighted by atomic mass is 9.73. The van der Waals surface area contributed by atoms with Gasteiger partial charge in [-0.25, -0.2) is 0 Å². The Morgan fingerprint density at radius 3 is 2.78 bits per heavy atom. The van der Waals surface area contributed by atoms with Gasteiger partial charge in [0.25, 0.3) is 0 Å². The summed E-state index contributed by atoms with van der Waals surface area (Å²) in [5, 5.41) is 1.51. The molecule has 1 aliphatic carbocycles. The average molecular weight is 329 g/mol. The number of piperidine rings is 1. The second kappa shape index (κ2) is 5.29. The van der Waals surface area contributed by atoms with Crippen LogP contribution < -0.4 is 0 Å². The topological polar surface area (TPSA) is 19.0 Å². The van der Waals surface area contributed by atoms with Crippen LogP contribution in [0.25, 0.3) is 10.9 Å². The van der Waals surface area contributed by atoms with Gasteiger partial charge >= 0.3 is 0 Å². The zero-order valence-electron chi connectivity index (χ0n) is 14.7. The van der Waals surface area contributed by atoms with E-state index in [0.717, 1.165) is 5.75 Å². The van der Waals surface area contributed by atoms with Crippen LogP contribution in [0.3, 0.4) is 0 Å². The van der Waals surface area contributed by atoms with Crippen molar-refractivity contribution in [2.24, 2.45) is 0 Å². The van der Waals surface area contributed by atoms with Crippen LogP contribution >= 0.6 is 12.6 Å². The predicted octanol–water partition coefficient (Wildman–Crippen LogP) is 4.63. The number of H-pyrrole nitrogens is 1. The largest absolute Gasteiger partial charge is 0.357 e. The van der Waals surface area contributed by atoms with Gasteiger partial charge in [-0.1, -0.05) is 26.8 Å². The van der Waals surface area contributed by atoms with Gasteiger partial charge in [0, 0.05) is 34.3 Å². The van der Waals surface area contributed by atoms with E-state index in [2.05, 4.69) is 62.5 Å². The highest BCUT2D eigenvalue weighted by Gasteiger charge is 2.37. The van der Waals surface area contributed by atoms with Crippen LogP contribution in [0, 0.1) is 0 Å². The highest BCUT2D eigenvalue weighted by Crippen LogP contribution is 2.45. The lowest BCUT2D eigenvalue weighted by molar-refractivity contribution is 0.157. The molecule has 0 saturated carbocycles. The number of likely N-dealkylation sites (N-methyl/N-ethyl adjacent to an activating group) is 1. The molecule has 1 aromatic carbocycles. The zero-order chi connectivity index (χ0) is 16.4. The van der Waals surface area contributed by atoms with Crippen LogP contribution in [0.4, 0.5) is 0 Å². The highest BCUT2D eigenvalue weighted by molar-refractivity contribution is 7.79. The van der Waals surface area contributed by atoms with E-state index in [1.807, 2.05) is 0 Å². The summed E-state index contributed by atoms with van der Waals surface area (Å²) in [6.45, 7) is 8.19. The zero-order valence-corrected chi connectivity index (χ0v) is 15.6. The fourth-order valence-corrected chi connectivity index (χ4v) is 4.94. The van der Waals surface area contributed by atoms with Gasteiger partial charge in [0.05, 0.1) is 0 Å². The molecule has 1 aromatic heterocycles. The summed E-state index contributed by atoms with van der Waals surface area (Å²) in [5.41, 5.74) is 7.42. The summed E-state index contributed by atoms with van der Waals surface area (Å²) in [7, 11) is 2.31. The number of nitrogens with zero attached hydrogens (tertiary/aromatic N) is 1. The molecule has 0 amide bonds. The number of thiol groups is 1. The number of likely N-dealkylation sites (tertiary alicyclic amines) is 1. The van der Waals surface area contributed by atoms with Crippen molar-refractivity contribution in [2.45, 2.75) is 63.2 Å². The predicted molar refractivity (Wildman–Crippen MR) is 102 cm³/mol. The maximum Gasteiger partial charge on any atom is 0.0465 e. The molecule has 1 N–H and O–H groups in total. The molecule has 0 radical (unpaired) electrons. The van der Waals surface area contributed by atoms with E-state index in [-0.39, 0.29) is 5.41 Å². The summed E-state index contributed by atoms with van der Waals surface area (Å²) in [6.07, 6.45) is 3.83. The van der Waals surface area contributed by atoms with Gasteiger partial charge in [-0.15, -0.1) is 0 Å². The number of nitrogens with one attached hydrogen (secondary N) is 1. The molecule has 124 valence electrons. The lowest BCUT2D eigenvalue weighted by Crippen LogP contribution is -2.44. The Morgan fingerprint density at radius 1 is 1.30 bits per heavy atom. The summed E-state index contributed by atoms with van der Waals surface area (Å²) in [5.74, 6) is 1.49. The fraction of sp³-hybridized carbons (Fsp3) is 0.600. The van der Waals surface area contributed by atoms with E-state index in [9.17, 15) is 0 Å². The number of fused-ring (bicyclic) bond motifs is 2. The molecule has 1 fully saturated rings. The summed E-state index contributed by atoms with van der Waals surface area (Å²) >= 11 is 4.58. The smallest absolute Gasteiger partial charge is 0.0465 e. The maximum atomic E-state index is 4.58. The van der Waals surface area contributed by atoms with Crippen molar-refractivity contribution in [1.82, 2.24) is 9.88 Å². The average Bonchev–Trinajstić information content (AvgIpc) is 2.86. The normalized spacial score (nSPS) is 24.9. The maximum absolute atomic E-state index is 4.58. The Bertz CT molecular complexity index is 753. The van der Waals surface area contributed by atoms with Crippen molar-refractivity contribution in [3.63, 3.8) is 0 Å². The first-order valence-electron chi connectivity index (χ1n) is 8.89. The van der Waals surface area contributed by atoms with Gasteiger partial charge in [-0.05, 0) is 61.0 Å². The molecule has 0 bridgehead atoms. The Labute approximate surface area is 145 Å². The van der Waals surface area contributed by atoms with Gasteiger partial charge in [0.15, 0.2) is 0 Å². The molecule has 4 rings (SSSR count). The molecule has 1 aliphatic heterocycles. The third-order valence-corrected chi connectivity index (χ3v) is 6.33. The number of hydrogen-bond acceptors (Lipinski definition) is 2. The van der Waals surface area contributed by atoms with Gasteiger partial charge in [-0.3, -0.25) is 0 Å². The quantitative estimate of drug-likeness (QED) is 0.731. The molecular weight excluding hydrogens is 300 g/mol. The Morgan fingerprint density at radius 2 is 2.09 bits per heavy atom. The number of aromatic nitrogens is 1. The molecule has 1 saturated heterocycles. The Kier molecular flexibility index (Phi) is 3.58. The minimum absolute atomic E-state index is 0.185. The van der Waals surface area contributed by atoms with Crippen molar-refractivity contribution in [3.05, 3.63) is 34.5 Å². The van der Waals surface area contributed by atoms with Crippen LogP contribution in [0.5, 0.6) is 0 Å². The molecule has 2 atom stereocenters. The molecular formula is C20H28N2S. The first-order valence-corrected chi connectivity index (χ1v) is 9.52. The van der Waals surface area contributed by atoms with Gasteiger partial charge in [0.1, 0.15) is 0 Å². The van der Waals surface area contributed by atoms with Crippen LogP contribution in [0.1, 0.15) is 61.9 Å². The van der Waals surface area contributed by atoms with E-state index in [0.29, 0.717) is 12.0 Å². The third-order valence-electron chi connectivity index (χ3n) is 6.01. The van der Waals surface area contributed by atoms with Gasteiger partial charge in [0.2, 0.25) is 0 Å². The van der Waals surface area contributed by atoms with Crippen LogP contribution in [0.15, 0.2) is 12.1 Å². The first-order chi connectivity index (χ1) is 10.9. The van der Waals surface area contributed by atoms with Gasteiger partial charge in [-0.2, -0.15) is 12.6 Å². The Hall–Kier alpha value is -0.930. The molecule has 23 heavy (non-hydrogen) atoms. The van der Waals surface area contributed by atoms with E-state index in [1.165, 1.54) is 53.5 Å². The minimum atomic E-state index is 0.185. The van der Waals surface area contributed by atoms with E-state index < -0.39 is 0 Å². The number of benzene rings is 1. The van der Waals surface area contributed by atoms with Crippen molar-refractivity contribution < 1.29 is 0 Å². The summed E-state index contributed by atoms with van der Waals surface area (Å²) in [6, 6.07) is 5.55. The van der Waals surface area contributed by atoms with Crippen molar-refractivity contribution in [2.75, 3.05) is 13.6 Å². The first kappa shape index (κ1) is 15.6. The standard InChI is InChI=1S/C20H28N2S/c1-20(2,3)12-8-14-13-6-5-7-22(4)18(13)10-15-17(11-23)21-16(9-12)19(14)15/h8-9,13,18,21,23H,5-7,10-11H2,1-4H3/t13-,18-/m1/s1. The second-order valence-corrected chi connectivity index (χ2v) is 8.80.